The summed E-state index contributed by atoms with van der Waals surface area (Å²) in [6.07, 6.45) is 7.25. The van der Waals surface area contributed by atoms with Gasteiger partial charge in [0.1, 0.15) is 0 Å². The maximum atomic E-state index is 8.33. The molecule has 0 aliphatic heterocycles. The largest absolute Gasteiger partial charge is 0.396 e. The topological polar surface area (TPSA) is 20.2 Å². The highest BCUT2D eigenvalue weighted by atomic mass is 16.2. The number of allylic oxidation sites excluding steroid dienone is 2. The molecule has 0 aromatic carbocycles. The Morgan fingerprint density at radius 3 is 2.62 bits per heavy atom. The highest BCUT2D eigenvalue weighted by Crippen LogP contribution is 1.89. The number of aliphatic hydroxyl groups is 1. The second kappa shape index (κ2) is 6.70. The van der Waals surface area contributed by atoms with Gasteiger partial charge < -0.3 is 5.11 Å². The summed E-state index contributed by atoms with van der Waals surface area (Å²) in [6.45, 7) is 2.42. The Balaban J connectivity index is 2.80. The fourth-order valence-electron chi connectivity index (χ4n) is 0.494. The van der Waals surface area contributed by atoms with Gasteiger partial charge in [0.2, 0.25) is 0 Å². The molecule has 1 N–H and O–H groups in total. The molecule has 1 nitrogen and oxygen atoms in total. The van der Waals surface area contributed by atoms with Gasteiger partial charge in [-0.2, -0.15) is 0 Å². The van der Waals surface area contributed by atoms with E-state index in [4.69, 9.17) is 5.11 Å². The highest BCUT2D eigenvalue weighted by Gasteiger charge is 1.75. The molecular formula is C7H14O. The van der Waals surface area contributed by atoms with Gasteiger partial charge in [-0.05, 0) is 19.3 Å². The van der Waals surface area contributed by atoms with Crippen molar-refractivity contribution in [2.75, 3.05) is 6.61 Å². The van der Waals surface area contributed by atoms with Gasteiger partial charge in [-0.1, -0.05) is 19.1 Å². The van der Waals surface area contributed by atoms with Crippen LogP contribution in [0.3, 0.4) is 0 Å². The normalized spacial score (nSPS) is 10.8. The maximum Gasteiger partial charge on any atom is 0.0433 e. The second-order valence-corrected chi connectivity index (χ2v) is 1.75. The molecule has 0 aliphatic rings. The lowest BCUT2D eigenvalue weighted by atomic mass is 10.3. The van der Waals surface area contributed by atoms with Gasteiger partial charge in [0.05, 0.1) is 0 Å². The number of aliphatic hydroxyl groups excluding tert-OH is 1. The molecule has 48 valence electrons. The zero-order valence-corrected chi connectivity index (χ0v) is 5.43. The lowest BCUT2D eigenvalue weighted by Gasteiger charge is -1.85. The molecule has 8 heavy (non-hydrogen) atoms. The van der Waals surface area contributed by atoms with Crippen LogP contribution in [0.5, 0.6) is 0 Å². The van der Waals surface area contributed by atoms with Crippen LogP contribution in [-0.2, 0) is 0 Å². The average molecular weight is 114 g/mol. The minimum absolute atomic E-state index is 0.314. The zero-order valence-electron chi connectivity index (χ0n) is 5.43. The minimum atomic E-state index is 0.314. The van der Waals surface area contributed by atoms with Crippen LogP contribution in [0.2, 0.25) is 0 Å². The Morgan fingerprint density at radius 1 is 1.38 bits per heavy atom. The molecule has 0 saturated heterocycles. The van der Waals surface area contributed by atoms with E-state index >= 15 is 0 Å². The molecule has 0 saturated carbocycles. The molecule has 0 aliphatic carbocycles. The average Bonchev–Trinajstić information content (AvgIpc) is 1.81. The van der Waals surface area contributed by atoms with Gasteiger partial charge in [0, 0.05) is 6.61 Å². The number of hydrogen-bond acceptors (Lipinski definition) is 1. The summed E-state index contributed by atoms with van der Waals surface area (Å²) in [5.41, 5.74) is 0. The first-order valence-corrected chi connectivity index (χ1v) is 3.17. The molecule has 0 fully saturated rings. The second-order valence-electron chi connectivity index (χ2n) is 1.75. The molecule has 0 radical (unpaired) electrons. The molecule has 0 aromatic rings. The van der Waals surface area contributed by atoms with Gasteiger partial charge in [-0.15, -0.1) is 0 Å². The van der Waals surface area contributed by atoms with Gasteiger partial charge in [0.15, 0.2) is 0 Å². The van der Waals surface area contributed by atoms with Crippen molar-refractivity contribution >= 4 is 0 Å². The summed E-state index contributed by atoms with van der Waals surface area (Å²) in [7, 11) is 0. The Bertz CT molecular complexity index is 57.4. The van der Waals surface area contributed by atoms with Crippen molar-refractivity contribution in [1.29, 1.82) is 0 Å². The third kappa shape index (κ3) is 5.70. The predicted molar refractivity (Wildman–Crippen MR) is 35.8 cm³/mol. The molecule has 0 rings (SSSR count). The van der Waals surface area contributed by atoms with Gasteiger partial charge in [0.25, 0.3) is 0 Å². The summed E-state index contributed by atoms with van der Waals surface area (Å²) in [5, 5.41) is 8.33. The minimum Gasteiger partial charge on any atom is -0.396 e. The van der Waals surface area contributed by atoms with E-state index in [0.29, 0.717) is 6.61 Å². The van der Waals surface area contributed by atoms with Crippen molar-refractivity contribution in [3.05, 3.63) is 12.2 Å². The van der Waals surface area contributed by atoms with Crippen LogP contribution in [0.15, 0.2) is 12.2 Å². The van der Waals surface area contributed by atoms with Crippen LogP contribution in [0.4, 0.5) is 0 Å². The van der Waals surface area contributed by atoms with Crippen molar-refractivity contribution in [2.45, 2.75) is 26.2 Å². The molecule has 0 amide bonds. The maximum absolute atomic E-state index is 8.33. The molecular weight excluding hydrogens is 100 g/mol. The van der Waals surface area contributed by atoms with E-state index in [1.165, 1.54) is 0 Å². The SMILES string of the molecule is CC/C=C/CCCO. The molecule has 0 spiro atoms. The number of hydrogen-bond donors (Lipinski definition) is 1. The monoisotopic (exact) mass is 114 g/mol. The van der Waals surface area contributed by atoms with Crippen LogP contribution in [0.1, 0.15) is 26.2 Å². The van der Waals surface area contributed by atoms with Gasteiger partial charge in [-0.25, -0.2) is 0 Å². The van der Waals surface area contributed by atoms with Crippen LogP contribution in [0.25, 0.3) is 0 Å². The van der Waals surface area contributed by atoms with Crippen molar-refractivity contribution in [3.63, 3.8) is 0 Å². The van der Waals surface area contributed by atoms with Gasteiger partial charge in [-0.3, -0.25) is 0 Å². The molecule has 0 unspecified atom stereocenters. The first-order chi connectivity index (χ1) is 3.91. The van der Waals surface area contributed by atoms with E-state index < -0.39 is 0 Å². The summed E-state index contributed by atoms with van der Waals surface area (Å²) >= 11 is 0. The van der Waals surface area contributed by atoms with E-state index in [9.17, 15) is 0 Å². The molecule has 1 heteroatoms. The zero-order chi connectivity index (χ0) is 6.24. The van der Waals surface area contributed by atoms with E-state index in [-0.39, 0.29) is 0 Å². The molecule has 0 heterocycles. The third-order valence-electron chi connectivity index (χ3n) is 0.931. The quantitative estimate of drug-likeness (QED) is 0.436. The van der Waals surface area contributed by atoms with Crippen molar-refractivity contribution in [2.24, 2.45) is 0 Å². The first kappa shape index (κ1) is 7.70. The van der Waals surface area contributed by atoms with Crippen molar-refractivity contribution in [1.82, 2.24) is 0 Å². The fourth-order valence-corrected chi connectivity index (χ4v) is 0.494. The first-order valence-electron chi connectivity index (χ1n) is 3.17. The lowest BCUT2D eigenvalue weighted by molar-refractivity contribution is 0.289. The summed E-state index contributed by atoms with van der Waals surface area (Å²) < 4.78 is 0. The molecule has 0 bridgehead atoms. The summed E-state index contributed by atoms with van der Waals surface area (Å²) in [6, 6.07) is 0. The van der Waals surface area contributed by atoms with Crippen LogP contribution < -0.4 is 0 Å². The molecule has 0 atom stereocenters. The standard InChI is InChI=1S/C7H14O/c1-2-3-4-5-6-7-8/h3-4,8H,2,5-7H2,1H3/b4-3+. The fraction of sp³-hybridized carbons (Fsp3) is 0.714. The summed E-state index contributed by atoms with van der Waals surface area (Å²) in [5.74, 6) is 0. The van der Waals surface area contributed by atoms with Gasteiger partial charge >= 0.3 is 0 Å². The lowest BCUT2D eigenvalue weighted by Crippen LogP contribution is -1.77. The van der Waals surface area contributed by atoms with Crippen LogP contribution in [0, 0.1) is 0 Å². The van der Waals surface area contributed by atoms with E-state index in [1.807, 2.05) is 0 Å². The summed E-state index contributed by atoms with van der Waals surface area (Å²) in [4.78, 5) is 0. The molecule has 0 aromatic heterocycles. The third-order valence-corrected chi connectivity index (χ3v) is 0.931. The van der Waals surface area contributed by atoms with Crippen LogP contribution >= 0.6 is 0 Å². The van der Waals surface area contributed by atoms with Crippen molar-refractivity contribution in [3.8, 4) is 0 Å². The Labute approximate surface area is 51.0 Å². The Kier molecular flexibility index (Phi) is 6.45. The number of rotatable bonds is 4. The predicted octanol–water partition coefficient (Wildman–Crippen LogP) is 1.73. The smallest absolute Gasteiger partial charge is 0.0433 e. The van der Waals surface area contributed by atoms with E-state index in [0.717, 1.165) is 19.3 Å². The number of unbranched alkanes of at least 4 members (excludes halogenated alkanes) is 1. The Hall–Kier alpha value is -0.300. The van der Waals surface area contributed by atoms with E-state index in [2.05, 4.69) is 19.1 Å². The van der Waals surface area contributed by atoms with E-state index in [1.54, 1.807) is 0 Å². The Morgan fingerprint density at radius 2 is 2.12 bits per heavy atom. The highest BCUT2D eigenvalue weighted by molar-refractivity contribution is 4.79. The van der Waals surface area contributed by atoms with Crippen LogP contribution in [-0.4, -0.2) is 11.7 Å². The van der Waals surface area contributed by atoms with Crippen molar-refractivity contribution < 1.29 is 5.11 Å².